The van der Waals surface area contributed by atoms with Gasteiger partial charge in [0.05, 0.1) is 19.8 Å². The van der Waals surface area contributed by atoms with E-state index in [1.165, 1.54) is 20.3 Å². The summed E-state index contributed by atoms with van der Waals surface area (Å²) in [6.45, 7) is 2.89. The maximum atomic E-state index is 13.9. The van der Waals surface area contributed by atoms with Crippen LogP contribution >= 0.6 is 0 Å². The van der Waals surface area contributed by atoms with Gasteiger partial charge in [0.1, 0.15) is 11.5 Å². The number of aliphatic hydroxyl groups excluding tert-OH is 1. The van der Waals surface area contributed by atoms with Crippen LogP contribution in [0, 0.1) is 13.8 Å². The van der Waals surface area contributed by atoms with Crippen LogP contribution in [0.4, 0.5) is 8.78 Å². The van der Waals surface area contributed by atoms with Crippen LogP contribution < -0.4 is 9.47 Å². The lowest BCUT2D eigenvalue weighted by molar-refractivity contribution is -0.0290. The summed E-state index contributed by atoms with van der Waals surface area (Å²) in [7, 11) is 2.79. The van der Waals surface area contributed by atoms with E-state index in [1.807, 2.05) is 0 Å². The predicted octanol–water partition coefficient (Wildman–Crippen LogP) is 2.79. The van der Waals surface area contributed by atoms with Gasteiger partial charge in [-0.3, -0.25) is 0 Å². The average molecular weight is 260 g/mol. The molecule has 1 aromatic rings. The highest BCUT2D eigenvalue weighted by atomic mass is 19.3. The van der Waals surface area contributed by atoms with Gasteiger partial charge in [-0.05, 0) is 31.0 Å². The molecule has 0 unspecified atom stereocenters. The number of rotatable bonds is 5. The Bertz CT molecular complexity index is 431. The van der Waals surface area contributed by atoms with Crippen molar-refractivity contribution in [3.8, 4) is 11.5 Å². The van der Waals surface area contributed by atoms with Crippen LogP contribution in [-0.2, 0) is 5.92 Å². The highest BCUT2D eigenvalue weighted by molar-refractivity contribution is 5.54. The van der Waals surface area contributed by atoms with Crippen molar-refractivity contribution in [2.24, 2.45) is 0 Å². The summed E-state index contributed by atoms with van der Waals surface area (Å²) in [6, 6.07) is 1.27. The van der Waals surface area contributed by atoms with E-state index in [1.54, 1.807) is 13.8 Å². The Labute approximate surface area is 105 Å². The lowest BCUT2D eigenvalue weighted by Crippen LogP contribution is -2.17. The minimum absolute atomic E-state index is 0.145. The Hall–Kier alpha value is -1.36. The number of hydrogen-bond acceptors (Lipinski definition) is 3. The standard InChI is InChI=1S/C13H18F2O3/c1-8-9(2)12(18-4)10(7-11(8)17-3)13(14,15)5-6-16/h7,16H,5-6H2,1-4H3. The molecule has 1 rings (SSSR count). The van der Waals surface area contributed by atoms with Crippen LogP contribution in [0.3, 0.4) is 0 Å². The van der Waals surface area contributed by atoms with Crippen LogP contribution in [-0.4, -0.2) is 25.9 Å². The third kappa shape index (κ3) is 2.56. The van der Waals surface area contributed by atoms with Gasteiger partial charge < -0.3 is 14.6 Å². The first-order valence-electron chi connectivity index (χ1n) is 5.60. The first-order chi connectivity index (χ1) is 8.38. The van der Waals surface area contributed by atoms with Gasteiger partial charge in [0.25, 0.3) is 5.92 Å². The van der Waals surface area contributed by atoms with Crippen molar-refractivity contribution in [1.29, 1.82) is 0 Å². The summed E-state index contributed by atoms with van der Waals surface area (Å²) in [5.74, 6) is -2.61. The van der Waals surface area contributed by atoms with Crippen LogP contribution in [0.15, 0.2) is 6.07 Å². The van der Waals surface area contributed by atoms with E-state index in [9.17, 15) is 8.78 Å². The van der Waals surface area contributed by atoms with Gasteiger partial charge >= 0.3 is 0 Å². The molecule has 0 fully saturated rings. The minimum atomic E-state index is -3.15. The number of halogens is 2. The van der Waals surface area contributed by atoms with Crippen LogP contribution in [0.2, 0.25) is 0 Å². The molecule has 0 bridgehead atoms. The highest BCUT2D eigenvalue weighted by Crippen LogP contribution is 2.43. The fourth-order valence-electron chi connectivity index (χ4n) is 1.88. The van der Waals surface area contributed by atoms with Crippen molar-refractivity contribution in [2.45, 2.75) is 26.2 Å². The second-order valence-electron chi connectivity index (χ2n) is 4.09. The van der Waals surface area contributed by atoms with Crippen molar-refractivity contribution >= 4 is 0 Å². The molecule has 0 saturated carbocycles. The van der Waals surface area contributed by atoms with Gasteiger partial charge in [0.2, 0.25) is 0 Å². The maximum absolute atomic E-state index is 13.9. The van der Waals surface area contributed by atoms with Crippen molar-refractivity contribution < 1.29 is 23.4 Å². The normalized spacial score (nSPS) is 11.5. The van der Waals surface area contributed by atoms with Crippen LogP contribution in [0.1, 0.15) is 23.1 Å². The summed E-state index contributed by atoms with van der Waals surface area (Å²) >= 11 is 0. The molecular formula is C13H18F2O3. The topological polar surface area (TPSA) is 38.7 Å². The molecule has 0 spiro atoms. The molecule has 18 heavy (non-hydrogen) atoms. The van der Waals surface area contributed by atoms with E-state index in [2.05, 4.69) is 0 Å². The van der Waals surface area contributed by atoms with Gasteiger partial charge in [-0.1, -0.05) is 0 Å². The maximum Gasteiger partial charge on any atom is 0.279 e. The van der Waals surface area contributed by atoms with Crippen molar-refractivity contribution in [1.82, 2.24) is 0 Å². The monoisotopic (exact) mass is 260 g/mol. The smallest absolute Gasteiger partial charge is 0.279 e. The Morgan fingerprint density at radius 3 is 2.22 bits per heavy atom. The number of hydrogen-bond donors (Lipinski definition) is 1. The molecule has 0 amide bonds. The van der Waals surface area contributed by atoms with Gasteiger partial charge in [-0.25, -0.2) is 8.78 Å². The van der Waals surface area contributed by atoms with Gasteiger partial charge in [-0.15, -0.1) is 0 Å². The molecule has 5 heteroatoms. The minimum Gasteiger partial charge on any atom is -0.496 e. The zero-order chi connectivity index (χ0) is 13.9. The Morgan fingerprint density at radius 1 is 1.17 bits per heavy atom. The molecule has 102 valence electrons. The van der Waals surface area contributed by atoms with Crippen LogP contribution in [0.5, 0.6) is 11.5 Å². The Kier molecular flexibility index (Phi) is 4.51. The summed E-state index contributed by atoms with van der Waals surface area (Å²) < 4.78 is 38.0. The van der Waals surface area contributed by atoms with E-state index in [0.29, 0.717) is 11.3 Å². The van der Waals surface area contributed by atoms with Crippen molar-refractivity contribution in [3.05, 3.63) is 22.8 Å². The molecule has 0 radical (unpaired) electrons. The molecule has 0 heterocycles. The number of ether oxygens (including phenoxy) is 2. The quantitative estimate of drug-likeness (QED) is 0.884. The van der Waals surface area contributed by atoms with Gasteiger partial charge in [-0.2, -0.15) is 0 Å². The highest BCUT2D eigenvalue weighted by Gasteiger charge is 2.36. The lowest BCUT2D eigenvalue weighted by Gasteiger charge is -2.22. The summed E-state index contributed by atoms with van der Waals surface area (Å²) in [5, 5.41) is 8.73. The zero-order valence-electron chi connectivity index (χ0n) is 11.0. The van der Waals surface area contributed by atoms with E-state index in [0.717, 1.165) is 5.56 Å². The second-order valence-corrected chi connectivity index (χ2v) is 4.09. The van der Waals surface area contributed by atoms with Gasteiger partial charge in [0.15, 0.2) is 0 Å². The fourth-order valence-corrected chi connectivity index (χ4v) is 1.88. The molecule has 0 atom stereocenters. The molecule has 0 aliphatic heterocycles. The summed E-state index contributed by atoms with van der Waals surface area (Å²) in [5.41, 5.74) is 1.13. The van der Waals surface area contributed by atoms with Gasteiger partial charge in [0, 0.05) is 13.0 Å². The van der Waals surface area contributed by atoms with E-state index in [-0.39, 0.29) is 11.3 Å². The SMILES string of the molecule is COc1cc(C(F)(F)CCO)c(OC)c(C)c1C. The lowest BCUT2D eigenvalue weighted by atomic mass is 9.97. The van der Waals surface area contributed by atoms with E-state index < -0.39 is 19.0 Å². The van der Waals surface area contributed by atoms with Crippen molar-refractivity contribution in [2.75, 3.05) is 20.8 Å². The number of benzene rings is 1. The molecule has 0 aliphatic carbocycles. The molecule has 3 nitrogen and oxygen atoms in total. The van der Waals surface area contributed by atoms with Crippen molar-refractivity contribution in [3.63, 3.8) is 0 Å². The summed E-state index contributed by atoms with van der Waals surface area (Å²) in [6.07, 6.45) is -0.644. The Balaban J connectivity index is 3.47. The van der Waals surface area contributed by atoms with E-state index >= 15 is 0 Å². The average Bonchev–Trinajstić information content (AvgIpc) is 2.32. The fraction of sp³-hybridized carbons (Fsp3) is 0.538. The number of aliphatic hydroxyl groups is 1. The zero-order valence-corrected chi connectivity index (χ0v) is 11.0. The molecule has 1 aromatic carbocycles. The predicted molar refractivity (Wildman–Crippen MR) is 64.6 cm³/mol. The van der Waals surface area contributed by atoms with E-state index in [4.69, 9.17) is 14.6 Å². The molecular weight excluding hydrogens is 242 g/mol. The molecule has 0 saturated heterocycles. The number of alkyl halides is 2. The Morgan fingerprint density at radius 2 is 1.78 bits per heavy atom. The third-order valence-electron chi connectivity index (χ3n) is 3.04. The first-order valence-corrected chi connectivity index (χ1v) is 5.60. The third-order valence-corrected chi connectivity index (χ3v) is 3.04. The molecule has 0 aliphatic rings. The summed E-state index contributed by atoms with van der Waals surface area (Å²) in [4.78, 5) is 0. The number of methoxy groups -OCH3 is 2. The van der Waals surface area contributed by atoms with Crippen LogP contribution in [0.25, 0.3) is 0 Å². The first kappa shape index (κ1) is 14.7. The second kappa shape index (κ2) is 5.52. The molecule has 1 N–H and O–H groups in total. The molecule has 0 aromatic heterocycles. The largest absolute Gasteiger partial charge is 0.496 e.